The van der Waals surface area contributed by atoms with Crippen LogP contribution in [0.5, 0.6) is 0 Å². The van der Waals surface area contributed by atoms with Crippen LogP contribution < -0.4 is 0 Å². The van der Waals surface area contributed by atoms with Crippen molar-refractivity contribution in [1.29, 1.82) is 0 Å². The molecule has 0 amide bonds. The second-order valence-electron chi connectivity index (χ2n) is 3.22. The Morgan fingerprint density at radius 1 is 1.64 bits per heavy atom. The normalized spacial score (nSPS) is 23.5. The topological polar surface area (TPSA) is 17.1 Å². The van der Waals surface area contributed by atoms with Gasteiger partial charge in [-0.05, 0) is 25.2 Å². The number of rotatable bonds is 3. The van der Waals surface area contributed by atoms with E-state index in [1.165, 1.54) is 19.3 Å². The minimum Gasteiger partial charge on any atom is -0.300 e. The first kappa shape index (κ1) is 8.51. The Balaban J connectivity index is 2.30. The Bertz CT molecular complexity index is 158. The lowest BCUT2D eigenvalue weighted by molar-refractivity contribution is -0.119. The molecule has 0 saturated heterocycles. The number of hydrogen-bond acceptors (Lipinski definition) is 1. The lowest BCUT2D eigenvalue weighted by Crippen LogP contribution is -2.07. The van der Waals surface area contributed by atoms with E-state index >= 15 is 0 Å². The Hall–Kier alpha value is -0.590. The molecule has 0 aromatic heterocycles. The molecular formula is C10H16O. The molecule has 1 rings (SSSR count). The fraction of sp³-hybridized carbons (Fsp3) is 0.700. The van der Waals surface area contributed by atoms with Gasteiger partial charge in [-0.3, -0.25) is 4.79 Å². The minimum atomic E-state index is 0.404. The van der Waals surface area contributed by atoms with Crippen molar-refractivity contribution in [2.75, 3.05) is 0 Å². The standard InChI is InChI=1S/C10H16O/c1-2-10(11)8-9-6-4-3-5-7-9/h4,6,9H,2-3,5,7-8H2,1H3. The van der Waals surface area contributed by atoms with E-state index in [1.54, 1.807) is 0 Å². The highest BCUT2D eigenvalue weighted by atomic mass is 16.1. The van der Waals surface area contributed by atoms with Crippen LogP contribution in [0.15, 0.2) is 12.2 Å². The Morgan fingerprint density at radius 2 is 2.45 bits per heavy atom. The van der Waals surface area contributed by atoms with Crippen LogP contribution in [0.4, 0.5) is 0 Å². The predicted octanol–water partition coefficient (Wildman–Crippen LogP) is 2.71. The summed E-state index contributed by atoms with van der Waals surface area (Å²) in [6.45, 7) is 1.94. The fourth-order valence-corrected chi connectivity index (χ4v) is 1.49. The van der Waals surface area contributed by atoms with Crippen molar-refractivity contribution in [2.45, 2.75) is 39.0 Å². The maximum Gasteiger partial charge on any atom is 0.133 e. The zero-order valence-electron chi connectivity index (χ0n) is 7.18. The lowest BCUT2D eigenvalue weighted by atomic mass is 9.91. The van der Waals surface area contributed by atoms with E-state index in [-0.39, 0.29) is 0 Å². The number of hydrogen-bond donors (Lipinski definition) is 0. The van der Waals surface area contributed by atoms with Crippen LogP contribution in [0, 0.1) is 5.92 Å². The summed E-state index contributed by atoms with van der Waals surface area (Å²) < 4.78 is 0. The Kier molecular flexibility index (Phi) is 3.34. The van der Waals surface area contributed by atoms with E-state index in [9.17, 15) is 4.79 Å². The monoisotopic (exact) mass is 152 g/mol. The third-order valence-electron chi connectivity index (χ3n) is 2.24. The van der Waals surface area contributed by atoms with Gasteiger partial charge in [-0.15, -0.1) is 0 Å². The van der Waals surface area contributed by atoms with Crippen molar-refractivity contribution in [3.63, 3.8) is 0 Å². The molecule has 1 unspecified atom stereocenters. The van der Waals surface area contributed by atoms with Crippen molar-refractivity contribution in [1.82, 2.24) is 0 Å². The summed E-state index contributed by atoms with van der Waals surface area (Å²) in [6, 6.07) is 0. The van der Waals surface area contributed by atoms with Crippen molar-refractivity contribution < 1.29 is 4.79 Å². The molecule has 0 heterocycles. The van der Waals surface area contributed by atoms with E-state index in [0.29, 0.717) is 18.1 Å². The molecule has 0 N–H and O–H groups in total. The van der Waals surface area contributed by atoms with Gasteiger partial charge in [0.2, 0.25) is 0 Å². The van der Waals surface area contributed by atoms with Gasteiger partial charge in [0.15, 0.2) is 0 Å². The van der Waals surface area contributed by atoms with E-state index in [1.807, 2.05) is 6.92 Å². The van der Waals surface area contributed by atoms with Gasteiger partial charge in [0.05, 0.1) is 0 Å². The summed E-state index contributed by atoms with van der Waals surface area (Å²) in [6.07, 6.45) is 9.56. The maximum absolute atomic E-state index is 11.0. The van der Waals surface area contributed by atoms with Gasteiger partial charge in [-0.2, -0.15) is 0 Å². The molecule has 11 heavy (non-hydrogen) atoms. The molecule has 0 aromatic rings. The number of carbonyl (C=O) groups is 1. The number of ketones is 1. The number of Topliss-reactive ketones (excluding diaryl/α,β-unsaturated/α-hetero) is 1. The van der Waals surface area contributed by atoms with E-state index in [4.69, 9.17) is 0 Å². The minimum absolute atomic E-state index is 0.404. The molecule has 0 radical (unpaired) electrons. The summed E-state index contributed by atoms with van der Waals surface area (Å²) in [4.78, 5) is 11.0. The summed E-state index contributed by atoms with van der Waals surface area (Å²) >= 11 is 0. The molecule has 1 nitrogen and oxygen atoms in total. The second kappa shape index (κ2) is 4.32. The van der Waals surface area contributed by atoms with Gasteiger partial charge in [-0.1, -0.05) is 19.1 Å². The van der Waals surface area contributed by atoms with Crippen LogP contribution in [-0.2, 0) is 4.79 Å². The number of allylic oxidation sites excluding steroid dienone is 2. The zero-order valence-corrected chi connectivity index (χ0v) is 7.18. The highest BCUT2D eigenvalue weighted by Gasteiger charge is 2.11. The molecule has 1 aliphatic rings. The highest BCUT2D eigenvalue weighted by molar-refractivity contribution is 5.78. The predicted molar refractivity (Wildman–Crippen MR) is 46.4 cm³/mol. The third-order valence-corrected chi connectivity index (χ3v) is 2.24. The molecule has 0 spiro atoms. The Morgan fingerprint density at radius 3 is 3.00 bits per heavy atom. The average Bonchev–Trinajstić information content (AvgIpc) is 2.06. The highest BCUT2D eigenvalue weighted by Crippen LogP contribution is 2.20. The first-order chi connectivity index (χ1) is 5.33. The maximum atomic E-state index is 11.0. The lowest BCUT2D eigenvalue weighted by Gasteiger charge is -2.14. The molecule has 0 bridgehead atoms. The van der Waals surface area contributed by atoms with Crippen molar-refractivity contribution >= 4 is 5.78 Å². The first-order valence-corrected chi connectivity index (χ1v) is 4.51. The molecular weight excluding hydrogens is 136 g/mol. The summed E-state index contributed by atoms with van der Waals surface area (Å²) in [5, 5.41) is 0. The first-order valence-electron chi connectivity index (χ1n) is 4.51. The van der Waals surface area contributed by atoms with Gasteiger partial charge in [0.25, 0.3) is 0 Å². The average molecular weight is 152 g/mol. The van der Waals surface area contributed by atoms with Crippen LogP contribution in [0.3, 0.4) is 0 Å². The molecule has 62 valence electrons. The van der Waals surface area contributed by atoms with Gasteiger partial charge in [0.1, 0.15) is 5.78 Å². The van der Waals surface area contributed by atoms with Crippen LogP contribution in [0.25, 0.3) is 0 Å². The van der Waals surface area contributed by atoms with Gasteiger partial charge in [0, 0.05) is 12.8 Å². The van der Waals surface area contributed by atoms with Crippen LogP contribution >= 0.6 is 0 Å². The molecule has 0 aromatic carbocycles. The third kappa shape index (κ3) is 2.87. The van der Waals surface area contributed by atoms with Gasteiger partial charge < -0.3 is 0 Å². The molecule has 1 heteroatoms. The van der Waals surface area contributed by atoms with Gasteiger partial charge >= 0.3 is 0 Å². The van der Waals surface area contributed by atoms with Crippen molar-refractivity contribution in [3.05, 3.63) is 12.2 Å². The number of carbonyl (C=O) groups excluding carboxylic acids is 1. The molecule has 0 saturated carbocycles. The second-order valence-corrected chi connectivity index (χ2v) is 3.22. The van der Waals surface area contributed by atoms with Crippen LogP contribution in [0.1, 0.15) is 39.0 Å². The quantitative estimate of drug-likeness (QED) is 0.568. The Labute approximate surface area is 68.5 Å². The largest absolute Gasteiger partial charge is 0.300 e. The van der Waals surface area contributed by atoms with Crippen LogP contribution in [0.2, 0.25) is 0 Å². The van der Waals surface area contributed by atoms with E-state index in [2.05, 4.69) is 12.2 Å². The van der Waals surface area contributed by atoms with E-state index < -0.39 is 0 Å². The van der Waals surface area contributed by atoms with Crippen molar-refractivity contribution in [2.24, 2.45) is 5.92 Å². The SMILES string of the molecule is CCC(=O)CC1C=CCCC1. The molecule has 0 aliphatic heterocycles. The van der Waals surface area contributed by atoms with Crippen molar-refractivity contribution in [3.8, 4) is 0 Å². The fourth-order valence-electron chi connectivity index (χ4n) is 1.49. The molecule has 1 aliphatic carbocycles. The molecule has 1 atom stereocenters. The zero-order chi connectivity index (χ0) is 8.10. The smallest absolute Gasteiger partial charge is 0.133 e. The van der Waals surface area contributed by atoms with E-state index in [0.717, 1.165) is 6.42 Å². The van der Waals surface area contributed by atoms with Gasteiger partial charge in [-0.25, -0.2) is 0 Å². The summed E-state index contributed by atoms with van der Waals surface area (Å²) in [5.41, 5.74) is 0. The van der Waals surface area contributed by atoms with Crippen LogP contribution in [-0.4, -0.2) is 5.78 Å². The summed E-state index contributed by atoms with van der Waals surface area (Å²) in [7, 11) is 0. The summed E-state index contributed by atoms with van der Waals surface area (Å²) in [5.74, 6) is 0.956. The molecule has 0 fully saturated rings.